The smallest absolute Gasteiger partial charge is 0.279 e. The van der Waals surface area contributed by atoms with E-state index in [9.17, 15) is 4.79 Å². The fourth-order valence-corrected chi connectivity index (χ4v) is 5.38. The number of oxazole rings is 1. The zero-order valence-electron chi connectivity index (χ0n) is 24.5. The minimum Gasteiger partial charge on any atom is -0.458 e. The number of carbonyl (C=O) groups excluding carboxylic acids is 1. The van der Waals surface area contributed by atoms with Gasteiger partial charge in [0.05, 0.1) is 19.8 Å². The Labute approximate surface area is 241 Å². The Morgan fingerprint density at radius 1 is 1.15 bits per heavy atom. The van der Waals surface area contributed by atoms with Crippen molar-refractivity contribution in [2.45, 2.75) is 64.6 Å². The first-order valence-electron chi connectivity index (χ1n) is 13.8. The molecule has 4 heterocycles. The van der Waals surface area contributed by atoms with Gasteiger partial charge in [0.2, 0.25) is 5.79 Å². The van der Waals surface area contributed by atoms with Crippen molar-refractivity contribution in [2.75, 3.05) is 25.1 Å². The summed E-state index contributed by atoms with van der Waals surface area (Å²) in [6, 6.07) is 13.3. The number of anilines is 1. The van der Waals surface area contributed by atoms with E-state index in [1.807, 2.05) is 37.3 Å². The van der Waals surface area contributed by atoms with E-state index in [2.05, 4.69) is 55.3 Å². The molecule has 1 saturated heterocycles. The highest BCUT2D eigenvalue weighted by Gasteiger charge is 2.37. The molecule has 218 valence electrons. The molecule has 10 nitrogen and oxygen atoms in total. The van der Waals surface area contributed by atoms with Crippen molar-refractivity contribution in [2.24, 2.45) is 0 Å². The maximum absolute atomic E-state index is 13.1. The second-order valence-corrected chi connectivity index (χ2v) is 16.7. The van der Waals surface area contributed by atoms with Crippen LogP contribution < -0.4 is 5.32 Å². The van der Waals surface area contributed by atoms with Crippen LogP contribution in [0.5, 0.6) is 0 Å². The van der Waals surface area contributed by atoms with Gasteiger partial charge in [0.1, 0.15) is 5.76 Å². The van der Waals surface area contributed by atoms with Gasteiger partial charge in [-0.15, -0.1) is 0 Å². The lowest BCUT2D eigenvalue weighted by atomic mass is 10.1. The molecule has 4 aromatic rings. The molecule has 0 unspecified atom stereocenters. The largest absolute Gasteiger partial charge is 0.458 e. The fourth-order valence-electron chi connectivity index (χ4n) is 4.34. The van der Waals surface area contributed by atoms with Crippen LogP contribution in [0, 0.1) is 0 Å². The number of ether oxygens (including phenoxy) is 2. The lowest BCUT2D eigenvalue weighted by Gasteiger charge is -2.36. The molecule has 5 rings (SSSR count). The summed E-state index contributed by atoms with van der Waals surface area (Å²) < 4.78 is 30.9. The van der Waals surface area contributed by atoms with Gasteiger partial charge in [-0.25, -0.2) is 4.98 Å². The van der Waals surface area contributed by atoms with E-state index in [4.69, 9.17) is 22.7 Å². The van der Waals surface area contributed by atoms with Crippen LogP contribution in [0.2, 0.25) is 18.1 Å². The van der Waals surface area contributed by atoms with Crippen molar-refractivity contribution in [3.63, 3.8) is 0 Å². The number of carbonyl (C=O) groups is 1. The lowest BCUT2D eigenvalue weighted by molar-refractivity contribution is -0.163. The molecule has 0 radical (unpaired) electrons. The summed E-state index contributed by atoms with van der Waals surface area (Å²) in [5, 5.41) is 7.44. The number of nitrogens with one attached hydrogen (secondary N) is 1. The Bertz CT molecular complexity index is 1490. The van der Waals surface area contributed by atoms with E-state index >= 15 is 0 Å². The lowest BCUT2D eigenvalue weighted by Crippen LogP contribution is -2.41. The summed E-state index contributed by atoms with van der Waals surface area (Å²) in [4.78, 5) is 17.3. The zero-order chi connectivity index (χ0) is 29.3. The number of amides is 1. The fraction of sp³-hybridized carbons (Fsp3) is 0.433. The predicted octanol–water partition coefficient (Wildman–Crippen LogP) is 6.22. The molecule has 1 aliphatic rings. The highest BCUT2D eigenvalue weighted by Crippen LogP contribution is 2.36. The molecule has 1 fully saturated rings. The normalized spacial score (nSPS) is 15.4. The highest BCUT2D eigenvalue weighted by atomic mass is 28.4. The third kappa shape index (κ3) is 6.54. The van der Waals surface area contributed by atoms with Gasteiger partial charge in [0.15, 0.2) is 37.7 Å². The number of hydrogen-bond donors (Lipinski definition) is 1. The number of nitrogens with zero attached hydrogens (tertiary/aromatic N) is 3. The van der Waals surface area contributed by atoms with Crippen LogP contribution >= 0.6 is 0 Å². The van der Waals surface area contributed by atoms with E-state index in [0.29, 0.717) is 49.5 Å². The number of rotatable bonds is 10. The van der Waals surface area contributed by atoms with Crippen LogP contribution in [0.3, 0.4) is 0 Å². The third-order valence-electron chi connectivity index (χ3n) is 7.78. The van der Waals surface area contributed by atoms with Crippen LogP contribution in [0.15, 0.2) is 63.9 Å². The van der Waals surface area contributed by atoms with Gasteiger partial charge in [-0.3, -0.25) is 9.48 Å². The Hall–Kier alpha value is -3.51. The monoisotopic (exact) mass is 578 g/mol. The standard InChI is InChI=1S/C30H38N4O6Si/c1-29(2,3)41(5,6)39-15-13-21-8-7-9-22(18-21)27-26(31-20-36-27)28(35)32-25-12-14-34(33-25)19-23-10-11-24(40-23)30(4)37-16-17-38-30/h7-12,14,18,20H,13,15-17,19H2,1-6H3,(H,32,33,35). The van der Waals surface area contributed by atoms with E-state index in [0.717, 1.165) is 17.5 Å². The second kappa shape index (κ2) is 11.4. The van der Waals surface area contributed by atoms with Crippen molar-refractivity contribution < 1.29 is 27.5 Å². The first-order chi connectivity index (χ1) is 19.4. The van der Waals surface area contributed by atoms with Crippen molar-refractivity contribution in [3.8, 4) is 11.3 Å². The molecular weight excluding hydrogens is 540 g/mol. The first-order valence-corrected chi connectivity index (χ1v) is 16.7. The van der Waals surface area contributed by atoms with Gasteiger partial charge in [-0.2, -0.15) is 5.10 Å². The number of benzene rings is 1. The molecule has 1 aliphatic heterocycles. The summed E-state index contributed by atoms with van der Waals surface area (Å²) in [7, 11) is -1.82. The maximum atomic E-state index is 13.1. The van der Waals surface area contributed by atoms with Crippen molar-refractivity contribution in [3.05, 3.63) is 77.8 Å². The molecule has 3 aromatic heterocycles. The predicted molar refractivity (Wildman–Crippen MR) is 156 cm³/mol. The minimum absolute atomic E-state index is 0.160. The Morgan fingerprint density at radius 3 is 2.68 bits per heavy atom. The Morgan fingerprint density at radius 2 is 1.93 bits per heavy atom. The maximum Gasteiger partial charge on any atom is 0.279 e. The topological polar surface area (TPSA) is 114 Å². The Balaban J connectivity index is 1.21. The van der Waals surface area contributed by atoms with Crippen molar-refractivity contribution in [1.82, 2.24) is 14.8 Å². The number of aromatic nitrogens is 3. The summed E-state index contributed by atoms with van der Waals surface area (Å²) >= 11 is 0. The number of furan rings is 1. The first kappa shape index (κ1) is 29.0. The average molecular weight is 579 g/mol. The summed E-state index contributed by atoms with van der Waals surface area (Å²) in [5.41, 5.74) is 2.07. The molecule has 0 atom stereocenters. The summed E-state index contributed by atoms with van der Waals surface area (Å²) in [6.45, 7) is 15.1. The average Bonchev–Trinajstić information content (AvgIpc) is 3.72. The van der Waals surface area contributed by atoms with E-state index < -0.39 is 20.0 Å². The molecule has 0 bridgehead atoms. The van der Waals surface area contributed by atoms with Crippen LogP contribution in [0.1, 0.15) is 55.3 Å². The molecule has 0 aliphatic carbocycles. The van der Waals surface area contributed by atoms with Gasteiger partial charge < -0.3 is 28.1 Å². The minimum atomic E-state index is -1.82. The van der Waals surface area contributed by atoms with Gasteiger partial charge in [-0.1, -0.05) is 39.0 Å². The molecule has 0 spiro atoms. The van der Waals surface area contributed by atoms with Crippen LogP contribution in [-0.4, -0.2) is 48.8 Å². The van der Waals surface area contributed by atoms with E-state index in [1.54, 1.807) is 16.9 Å². The van der Waals surface area contributed by atoms with Crippen molar-refractivity contribution in [1.29, 1.82) is 0 Å². The van der Waals surface area contributed by atoms with Gasteiger partial charge >= 0.3 is 0 Å². The SMILES string of the molecule is CC1(c2ccc(Cn3ccc(NC(=O)c4ncoc4-c4cccc(CCO[Si](C)(C)C(C)(C)C)c4)n3)o2)OCCO1. The second-order valence-electron chi connectivity index (χ2n) is 11.9. The molecule has 0 saturated carbocycles. The van der Waals surface area contributed by atoms with Gasteiger partial charge in [0.25, 0.3) is 5.91 Å². The molecule has 1 amide bonds. The summed E-state index contributed by atoms with van der Waals surface area (Å²) in [6.07, 6.45) is 3.81. The summed E-state index contributed by atoms with van der Waals surface area (Å²) in [5.74, 6) is 0.818. The number of hydrogen-bond acceptors (Lipinski definition) is 8. The molecule has 11 heteroatoms. The van der Waals surface area contributed by atoms with Crippen LogP contribution in [0.25, 0.3) is 11.3 Å². The van der Waals surface area contributed by atoms with Gasteiger partial charge in [-0.05, 0) is 55.2 Å². The zero-order valence-corrected chi connectivity index (χ0v) is 25.5. The quantitative estimate of drug-likeness (QED) is 0.221. The Kier molecular flexibility index (Phi) is 8.06. The molecule has 41 heavy (non-hydrogen) atoms. The third-order valence-corrected chi connectivity index (χ3v) is 12.3. The highest BCUT2D eigenvalue weighted by molar-refractivity contribution is 6.74. The van der Waals surface area contributed by atoms with E-state index in [1.165, 1.54) is 6.39 Å². The van der Waals surface area contributed by atoms with E-state index in [-0.39, 0.29) is 10.7 Å². The molecule has 1 aromatic carbocycles. The van der Waals surface area contributed by atoms with Crippen molar-refractivity contribution >= 4 is 20.0 Å². The van der Waals surface area contributed by atoms with Crippen LogP contribution in [0.4, 0.5) is 5.82 Å². The molecule has 1 N–H and O–H groups in total. The molecular formula is C30H38N4O6Si. The van der Waals surface area contributed by atoms with Crippen LogP contribution in [-0.2, 0) is 32.7 Å². The van der Waals surface area contributed by atoms with Gasteiger partial charge in [0, 0.05) is 24.4 Å².